The van der Waals surface area contributed by atoms with Crippen molar-refractivity contribution in [2.24, 2.45) is 5.92 Å². The van der Waals surface area contributed by atoms with Crippen molar-refractivity contribution in [3.63, 3.8) is 0 Å². The number of piperidine rings is 1. The number of aliphatic hydroxyl groups is 1. The van der Waals surface area contributed by atoms with Crippen LogP contribution >= 0.6 is 0 Å². The molecule has 0 saturated carbocycles. The smallest absolute Gasteiger partial charge is 0.254 e. The monoisotopic (exact) mass is 277 g/mol. The van der Waals surface area contributed by atoms with Gasteiger partial charge < -0.3 is 14.7 Å². The Morgan fingerprint density at radius 3 is 3.00 bits per heavy atom. The highest BCUT2D eigenvalue weighted by atomic mass is 16.5. The molecule has 0 spiro atoms. The molecule has 1 atom stereocenters. The molecule has 1 aliphatic rings. The van der Waals surface area contributed by atoms with E-state index in [1.165, 1.54) is 0 Å². The summed E-state index contributed by atoms with van der Waals surface area (Å²) in [5.74, 6) is 0.507. The van der Waals surface area contributed by atoms with E-state index >= 15 is 0 Å². The highest BCUT2D eigenvalue weighted by Crippen LogP contribution is 2.22. The summed E-state index contributed by atoms with van der Waals surface area (Å²) in [6.07, 6.45) is 2.90. The van der Waals surface area contributed by atoms with Gasteiger partial charge in [0.2, 0.25) is 0 Å². The van der Waals surface area contributed by atoms with Gasteiger partial charge in [-0.1, -0.05) is 18.2 Å². The zero-order chi connectivity index (χ0) is 14.4. The Kier molecular flexibility index (Phi) is 5.56. The second kappa shape index (κ2) is 7.41. The van der Waals surface area contributed by atoms with Gasteiger partial charge in [-0.05, 0) is 36.8 Å². The van der Waals surface area contributed by atoms with Crippen LogP contribution in [0.2, 0.25) is 0 Å². The predicted molar refractivity (Wildman–Crippen MR) is 77.5 cm³/mol. The molecule has 110 valence electrons. The molecule has 0 bridgehead atoms. The SMILES string of the molecule is COCc1ccccc1C(=O)N1CCCC(CCO)C1. The summed E-state index contributed by atoms with van der Waals surface area (Å²) in [5.41, 5.74) is 1.67. The van der Waals surface area contributed by atoms with E-state index in [4.69, 9.17) is 9.84 Å². The zero-order valence-electron chi connectivity index (χ0n) is 12.0. The summed E-state index contributed by atoms with van der Waals surface area (Å²) in [7, 11) is 1.64. The highest BCUT2D eigenvalue weighted by molar-refractivity contribution is 5.95. The molecule has 1 fully saturated rings. The maximum Gasteiger partial charge on any atom is 0.254 e. The van der Waals surface area contributed by atoms with Crippen LogP contribution < -0.4 is 0 Å². The number of nitrogens with zero attached hydrogens (tertiary/aromatic N) is 1. The van der Waals surface area contributed by atoms with E-state index in [9.17, 15) is 4.79 Å². The zero-order valence-corrected chi connectivity index (χ0v) is 12.0. The summed E-state index contributed by atoms with van der Waals surface area (Å²) < 4.78 is 5.16. The Morgan fingerprint density at radius 2 is 2.25 bits per heavy atom. The lowest BCUT2D eigenvalue weighted by Gasteiger charge is -2.33. The molecular weight excluding hydrogens is 254 g/mol. The molecule has 1 amide bonds. The minimum atomic E-state index is 0.0836. The fourth-order valence-corrected chi connectivity index (χ4v) is 2.85. The maximum absolute atomic E-state index is 12.7. The van der Waals surface area contributed by atoms with Gasteiger partial charge in [0.25, 0.3) is 5.91 Å². The lowest BCUT2D eigenvalue weighted by molar-refractivity contribution is 0.0649. The van der Waals surface area contributed by atoms with Crippen LogP contribution in [0, 0.1) is 5.92 Å². The van der Waals surface area contributed by atoms with Crippen molar-refractivity contribution >= 4 is 5.91 Å². The number of methoxy groups -OCH3 is 1. The van der Waals surface area contributed by atoms with Crippen molar-refractivity contribution in [1.82, 2.24) is 4.90 Å². The standard InChI is InChI=1S/C16H23NO3/c1-20-12-14-6-2-3-7-15(14)16(19)17-9-4-5-13(11-17)8-10-18/h2-3,6-7,13,18H,4-5,8-12H2,1H3. The molecule has 1 aliphatic heterocycles. The van der Waals surface area contributed by atoms with Crippen LogP contribution in [0.3, 0.4) is 0 Å². The number of likely N-dealkylation sites (tertiary alicyclic amines) is 1. The summed E-state index contributed by atoms with van der Waals surface area (Å²) >= 11 is 0. The number of aliphatic hydroxyl groups excluding tert-OH is 1. The topological polar surface area (TPSA) is 49.8 Å². The molecular formula is C16H23NO3. The number of carbonyl (C=O) groups is 1. The molecule has 20 heavy (non-hydrogen) atoms. The van der Waals surface area contributed by atoms with Crippen LogP contribution in [0.5, 0.6) is 0 Å². The first-order valence-corrected chi connectivity index (χ1v) is 7.23. The molecule has 2 rings (SSSR count). The van der Waals surface area contributed by atoms with Crippen molar-refractivity contribution in [3.05, 3.63) is 35.4 Å². The van der Waals surface area contributed by atoms with Gasteiger partial charge in [0, 0.05) is 32.4 Å². The Bertz CT molecular complexity index is 445. The number of benzene rings is 1. The minimum absolute atomic E-state index is 0.0836. The van der Waals surface area contributed by atoms with Gasteiger partial charge in [0.05, 0.1) is 6.61 Å². The minimum Gasteiger partial charge on any atom is -0.396 e. The number of hydrogen-bond donors (Lipinski definition) is 1. The van der Waals surface area contributed by atoms with Crippen LogP contribution in [0.1, 0.15) is 35.2 Å². The normalized spacial score (nSPS) is 19.1. The van der Waals surface area contributed by atoms with Gasteiger partial charge >= 0.3 is 0 Å². The lowest BCUT2D eigenvalue weighted by atomic mass is 9.94. The van der Waals surface area contributed by atoms with Crippen LogP contribution in [-0.4, -0.2) is 42.7 Å². The number of carbonyl (C=O) groups excluding carboxylic acids is 1. The van der Waals surface area contributed by atoms with E-state index in [-0.39, 0.29) is 12.5 Å². The van der Waals surface area contributed by atoms with E-state index in [0.29, 0.717) is 12.5 Å². The van der Waals surface area contributed by atoms with Gasteiger partial charge in [-0.2, -0.15) is 0 Å². The quantitative estimate of drug-likeness (QED) is 0.896. The molecule has 1 aromatic rings. The Balaban J connectivity index is 2.10. The van der Waals surface area contributed by atoms with Gasteiger partial charge in [-0.25, -0.2) is 0 Å². The second-order valence-electron chi connectivity index (χ2n) is 5.36. The average molecular weight is 277 g/mol. The van der Waals surface area contributed by atoms with Gasteiger partial charge in [0.15, 0.2) is 0 Å². The summed E-state index contributed by atoms with van der Waals surface area (Å²) in [4.78, 5) is 14.6. The van der Waals surface area contributed by atoms with Crippen LogP contribution in [-0.2, 0) is 11.3 Å². The fourth-order valence-electron chi connectivity index (χ4n) is 2.85. The van der Waals surface area contributed by atoms with E-state index in [1.807, 2.05) is 29.2 Å². The first-order chi connectivity index (χ1) is 9.76. The number of hydrogen-bond acceptors (Lipinski definition) is 3. The maximum atomic E-state index is 12.7. The molecule has 4 nitrogen and oxygen atoms in total. The highest BCUT2D eigenvalue weighted by Gasteiger charge is 2.25. The molecule has 1 heterocycles. The number of amides is 1. The van der Waals surface area contributed by atoms with E-state index < -0.39 is 0 Å². The molecule has 1 saturated heterocycles. The Hall–Kier alpha value is -1.39. The lowest BCUT2D eigenvalue weighted by Crippen LogP contribution is -2.40. The fraction of sp³-hybridized carbons (Fsp3) is 0.562. The van der Waals surface area contributed by atoms with Crippen molar-refractivity contribution in [1.29, 1.82) is 0 Å². The molecule has 0 aliphatic carbocycles. The molecule has 1 unspecified atom stereocenters. The van der Waals surface area contributed by atoms with Gasteiger partial charge in [-0.3, -0.25) is 4.79 Å². The Labute approximate surface area is 120 Å². The number of rotatable bonds is 5. The van der Waals surface area contributed by atoms with Crippen LogP contribution in [0.15, 0.2) is 24.3 Å². The van der Waals surface area contributed by atoms with Crippen molar-refractivity contribution in [2.75, 3.05) is 26.8 Å². The average Bonchev–Trinajstić information content (AvgIpc) is 2.48. The van der Waals surface area contributed by atoms with E-state index in [0.717, 1.165) is 43.5 Å². The van der Waals surface area contributed by atoms with Crippen molar-refractivity contribution in [3.8, 4) is 0 Å². The van der Waals surface area contributed by atoms with Crippen molar-refractivity contribution < 1.29 is 14.6 Å². The Morgan fingerprint density at radius 1 is 1.45 bits per heavy atom. The summed E-state index contributed by atoms with van der Waals surface area (Å²) in [5, 5.41) is 9.05. The molecule has 1 N–H and O–H groups in total. The molecule has 4 heteroatoms. The molecule has 0 radical (unpaired) electrons. The third-order valence-electron chi connectivity index (χ3n) is 3.89. The van der Waals surface area contributed by atoms with E-state index in [1.54, 1.807) is 7.11 Å². The third kappa shape index (κ3) is 3.58. The third-order valence-corrected chi connectivity index (χ3v) is 3.89. The predicted octanol–water partition coefficient (Wildman–Crippen LogP) is 2.07. The van der Waals surface area contributed by atoms with Crippen LogP contribution in [0.4, 0.5) is 0 Å². The number of ether oxygens (including phenoxy) is 1. The van der Waals surface area contributed by atoms with Gasteiger partial charge in [0.1, 0.15) is 0 Å². The first-order valence-electron chi connectivity index (χ1n) is 7.23. The largest absolute Gasteiger partial charge is 0.396 e. The van der Waals surface area contributed by atoms with Crippen molar-refractivity contribution in [2.45, 2.75) is 25.9 Å². The van der Waals surface area contributed by atoms with E-state index in [2.05, 4.69) is 0 Å². The summed E-state index contributed by atoms with van der Waals surface area (Å²) in [6.45, 7) is 2.21. The molecule has 1 aromatic carbocycles. The first kappa shape index (κ1) is 15.0. The second-order valence-corrected chi connectivity index (χ2v) is 5.36. The summed E-state index contributed by atoms with van der Waals surface area (Å²) in [6, 6.07) is 7.62. The van der Waals surface area contributed by atoms with Gasteiger partial charge in [-0.15, -0.1) is 0 Å². The molecule has 0 aromatic heterocycles. The van der Waals surface area contributed by atoms with Crippen LogP contribution in [0.25, 0.3) is 0 Å².